The topological polar surface area (TPSA) is 111 Å². The van der Waals surface area contributed by atoms with Gasteiger partial charge in [-0.2, -0.15) is 0 Å². The van der Waals surface area contributed by atoms with E-state index in [0.29, 0.717) is 54.5 Å². The number of hydrogen-bond acceptors (Lipinski definition) is 8. The van der Waals surface area contributed by atoms with Crippen LogP contribution in [0.2, 0.25) is 0 Å². The Morgan fingerprint density at radius 2 is 2.03 bits per heavy atom. The smallest absolute Gasteiger partial charge is 0.277 e. The number of hydrazine groups is 1. The van der Waals surface area contributed by atoms with Gasteiger partial charge in [0, 0.05) is 44.1 Å². The molecule has 176 valence electrons. The number of H-pyrrole nitrogens is 1. The molecular formula is C24H31N5O4. The van der Waals surface area contributed by atoms with Crippen molar-refractivity contribution in [2.45, 2.75) is 26.2 Å². The molecule has 1 saturated heterocycles. The van der Waals surface area contributed by atoms with E-state index in [1.807, 2.05) is 12.3 Å². The number of morpholine rings is 1. The number of carbonyl (C=O) groups is 1. The number of ketones is 1. The van der Waals surface area contributed by atoms with Crippen molar-refractivity contribution in [1.82, 2.24) is 20.3 Å². The van der Waals surface area contributed by atoms with Crippen molar-refractivity contribution in [3.05, 3.63) is 51.6 Å². The first-order valence-corrected chi connectivity index (χ1v) is 11.4. The van der Waals surface area contributed by atoms with Crippen molar-refractivity contribution in [3.8, 4) is 11.4 Å². The minimum Gasteiger partial charge on any atom is -0.396 e. The number of ether oxygens (including phenoxy) is 1. The Bertz CT molecular complexity index is 1100. The molecule has 3 N–H and O–H groups in total. The van der Waals surface area contributed by atoms with Gasteiger partial charge in [-0.05, 0) is 30.0 Å². The van der Waals surface area contributed by atoms with Crippen LogP contribution in [0.3, 0.4) is 0 Å². The maximum atomic E-state index is 13.0. The molecule has 0 bridgehead atoms. The predicted molar refractivity (Wildman–Crippen MR) is 127 cm³/mol. The number of nitrogens with zero attached hydrogens (tertiary/aromatic N) is 3. The van der Waals surface area contributed by atoms with Crippen LogP contribution in [0.1, 0.15) is 41.4 Å². The first-order valence-electron chi connectivity index (χ1n) is 11.4. The fourth-order valence-electron chi connectivity index (χ4n) is 4.26. The lowest BCUT2D eigenvalue weighted by Gasteiger charge is -2.27. The number of rotatable bonds is 8. The second-order valence-corrected chi connectivity index (χ2v) is 8.38. The average Bonchev–Trinajstić information content (AvgIpc) is 2.81. The van der Waals surface area contributed by atoms with Gasteiger partial charge in [-0.25, -0.2) is 4.98 Å². The van der Waals surface area contributed by atoms with Crippen LogP contribution in [0.4, 0.5) is 5.69 Å². The quantitative estimate of drug-likeness (QED) is 0.517. The summed E-state index contributed by atoms with van der Waals surface area (Å²) in [5, 5.41) is 11.2. The number of fused-ring (bicyclic) bond motifs is 1. The van der Waals surface area contributed by atoms with Crippen LogP contribution in [-0.2, 0) is 11.2 Å². The zero-order valence-electron chi connectivity index (χ0n) is 19.2. The Hall–Kier alpha value is -3.01. The first kappa shape index (κ1) is 23.2. The molecule has 3 heterocycles. The van der Waals surface area contributed by atoms with Gasteiger partial charge in [0.15, 0.2) is 5.78 Å². The van der Waals surface area contributed by atoms with E-state index in [1.54, 1.807) is 24.2 Å². The van der Waals surface area contributed by atoms with Crippen molar-refractivity contribution in [3.63, 3.8) is 0 Å². The lowest BCUT2D eigenvalue weighted by molar-refractivity contribution is 0.0371. The number of aliphatic hydroxyl groups is 1. The van der Waals surface area contributed by atoms with Crippen LogP contribution < -0.4 is 16.0 Å². The standard InChI is InChI=1S/C24H31N5O4/c1-3-4-18-14-25-28(2)22-21(18)26-23(27-24(22)32)19-13-17(6-5-16(19)7-10-30)20(31)15-29-8-11-33-12-9-29/h5-6,13-14,25,30H,3-4,7-12,15H2,1-2H3,(H,26,27,32). The van der Waals surface area contributed by atoms with Gasteiger partial charge < -0.3 is 20.3 Å². The Kier molecular flexibility index (Phi) is 7.22. The van der Waals surface area contributed by atoms with Crippen LogP contribution in [0.5, 0.6) is 0 Å². The van der Waals surface area contributed by atoms with Crippen molar-refractivity contribution in [2.75, 3.05) is 51.5 Å². The summed E-state index contributed by atoms with van der Waals surface area (Å²) in [6.45, 7) is 5.07. The summed E-state index contributed by atoms with van der Waals surface area (Å²) in [7, 11) is 1.77. The van der Waals surface area contributed by atoms with Gasteiger partial charge >= 0.3 is 0 Å². The molecule has 33 heavy (non-hydrogen) atoms. The number of allylic oxidation sites excluding steroid dienone is 1. The summed E-state index contributed by atoms with van der Waals surface area (Å²) in [5.41, 5.74) is 6.93. The van der Waals surface area contributed by atoms with Gasteiger partial charge in [-0.3, -0.25) is 19.5 Å². The minimum absolute atomic E-state index is 0.00417. The molecule has 0 saturated carbocycles. The molecule has 0 radical (unpaired) electrons. The molecule has 1 aromatic heterocycles. The van der Waals surface area contributed by atoms with Gasteiger partial charge in [0.25, 0.3) is 5.56 Å². The van der Waals surface area contributed by atoms with E-state index in [9.17, 15) is 14.7 Å². The number of anilines is 1. The summed E-state index contributed by atoms with van der Waals surface area (Å²) in [5.74, 6) is 0.407. The van der Waals surface area contributed by atoms with E-state index >= 15 is 0 Å². The van der Waals surface area contributed by atoms with Crippen LogP contribution in [0.15, 0.2) is 29.2 Å². The molecule has 2 aromatic rings. The molecule has 0 unspecified atom stereocenters. The zero-order valence-corrected chi connectivity index (χ0v) is 19.2. The van der Waals surface area contributed by atoms with Crippen LogP contribution in [-0.4, -0.2) is 72.3 Å². The number of nitrogens with one attached hydrogen (secondary N) is 2. The van der Waals surface area contributed by atoms with Crippen LogP contribution in [0, 0.1) is 0 Å². The molecule has 0 atom stereocenters. The summed E-state index contributed by atoms with van der Waals surface area (Å²) in [6, 6.07) is 5.41. The minimum atomic E-state index is -0.258. The van der Waals surface area contributed by atoms with Crippen LogP contribution >= 0.6 is 0 Å². The molecular weight excluding hydrogens is 422 g/mol. The fourth-order valence-corrected chi connectivity index (χ4v) is 4.26. The van der Waals surface area contributed by atoms with Crippen LogP contribution in [0.25, 0.3) is 17.0 Å². The second kappa shape index (κ2) is 10.3. The van der Waals surface area contributed by atoms with Gasteiger partial charge in [0.2, 0.25) is 0 Å². The second-order valence-electron chi connectivity index (χ2n) is 8.38. The highest BCUT2D eigenvalue weighted by Crippen LogP contribution is 2.30. The Morgan fingerprint density at radius 3 is 2.76 bits per heavy atom. The molecule has 9 nitrogen and oxygen atoms in total. The van der Waals surface area contributed by atoms with E-state index in [2.05, 4.69) is 22.2 Å². The van der Waals surface area contributed by atoms with E-state index in [0.717, 1.165) is 37.1 Å². The van der Waals surface area contributed by atoms with E-state index in [1.165, 1.54) is 0 Å². The summed E-state index contributed by atoms with van der Waals surface area (Å²) in [6.07, 6.45) is 3.97. The van der Waals surface area contributed by atoms with E-state index in [4.69, 9.17) is 9.72 Å². The van der Waals surface area contributed by atoms with Crippen molar-refractivity contribution in [1.29, 1.82) is 0 Å². The number of carbonyl (C=O) groups excluding carboxylic acids is 1. The number of benzene rings is 1. The highest BCUT2D eigenvalue weighted by molar-refractivity contribution is 5.98. The third-order valence-corrected chi connectivity index (χ3v) is 6.03. The number of aromatic amines is 1. The third-order valence-electron chi connectivity index (χ3n) is 6.03. The third kappa shape index (κ3) is 5.00. The van der Waals surface area contributed by atoms with Crippen molar-refractivity contribution in [2.24, 2.45) is 0 Å². The highest BCUT2D eigenvalue weighted by Gasteiger charge is 2.24. The van der Waals surface area contributed by atoms with E-state index < -0.39 is 0 Å². The summed E-state index contributed by atoms with van der Waals surface area (Å²) < 4.78 is 5.37. The molecule has 0 spiro atoms. The Labute approximate surface area is 193 Å². The lowest BCUT2D eigenvalue weighted by Crippen LogP contribution is -2.39. The van der Waals surface area contributed by atoms with Crippen molar-refractivity contribution >= 4 is 17.0 Å². The molecule has 0 amide bonds. The Morgan fingerprint density at radius 1 is 1.24 bits per heavy atom. The van der Waals surface area contributed by atoms with Gasteiger partial charge in [0.1, 0.15) is 17.2 Å². The number of aliphatic hydroxyl groups excluding tert-OH is 1. The first-order chi connectivity index (χ1) is 16.0. The molecule has 2 aliphatic rings. The maximum absolute atomic E-state index is 13.0. The van der Waals surface area contributed by atoms with Gasteiger partial charge in [-0.1, -0.05) is 25.5 Å². The Balaban J connectivity index is 1.74. The van der Waals surface area contributed by atoms with Gasteiger partial charge in [-0.15, -0.1) is 0 Å². The number of Topliss-reactive ketones (excluding diaryl/α,β-unsaturated/α-hetero) is 1. The summed E-state index contributed by atoms with van der Waals surface area (Å²) >= 11 is 0. The zero-order chi connectivity index (χ0) is 23.4. The molecule has 0 aliphatic carbocycles. The number of aromatic nitrogens is 2. The predicted octanol–water partition coefficient (Wildman–Crippen LogP) is 1.58. The molecule has 2 aliphatic heterocycles. The largest absolute Gasteiger partial charge is 0.396 e. The normalized spacial score (nSPS) is 16.2. The average molecular weight is 454 g/mol. The SMILES string of the molecule is CCCC1=CNN(C)c2c1nc(-c1cc(C(=O)CN3CCOCC3)ccc1CCO)[nH]c2=O. The lowest BCUT2D eigenvalue weighted by atomic mass is 9.98. The van der Waals surface area contributed by atoms with Gasteiger partial charge in [0.05, 0.1) is 19.8 Å². The van der Waals surface area contributed by atoms with E-state index in [-0.39, 0.29) is 17.9 Å². The molecule has 4 rings (SSSR count). The molecule has 1 fully saturated rings. The monoisotopic (exact) mass is 453 g/mol. The fraction of sp³-hybridized carbons (Fsp3) is 0.458. The number of hydrogen-bond donors (Lipinski definition) is 3. The molecule has 1 aromatic carbocycles. The summed E-state index contributed by atoms with van der Waals surface area (Å²) in [4.78, 5) is 35.8. The maximum Gasteiger partial charge on any atom is 0.277 e. The highest BCUT2D eigenvalue weighted by atomic mass is 16.5. The molecule has 9 heteroatoms. The van der Waals surface area contributed by atoms with Crippen molar-refractivity contribution < 1.29 is 14.6 Å².